The summed E-state index contributed by atoms with van der Waals surface area (Å²) in [6.45, 7) is 3.32. The topological polar surface area (TPSA) is 55.6 Å². The first-order valence-corrected chi connectivity index (χ1v) is 5.53. The maximum absolute atomic E-state index is 13.6. The molecule has 0 unspecified atom stereocenters. The Kier molecular flexibility index (Phi) is 3.28. The molecule has 5 heteroatoms. The van der Waals surface area contributed by atoms with Gasteiger partial charge in [-0.2, -0.15) is 0 Å². The van der Waals surface area contributed by atoms with Crippen molar-refractivity contribution in [3.05, 3.63) is 29.6 Å². The van der Waals surface area contributed by atoms with E-state index in [-0.39, 0.29) is 17.5 Å². The zero-order valence-corrected chi connectivity index (χ0v) is 9.65. The smallest absolute Gasteiger partial charge is 0.257 e. The van der Waals surface area contributed by atoms with Gasteiger partial charge in [0.2, 0.25) is 0 Å². The molecule has 1 atom stereocenters. The lowest BCUT2D eigenvalue weighted by Crippen LogP contribution is -2.47. The van der Waals surface area contributed by atoms with Crippen LogP contribution in [0.15, 0.2) is 18.2 Å². The van der Waals surface area contributed by atoms with Crippen molar-refractivity contribution in [3.63, 3.8) is 0 Å². The average Bonchev–Trinajstić information content (AvgIpc) is 2.32. The van der Waals surface area contributed by atoms with Crippen LogP contribution in [-0.4, -0.2) is 36.6 Å². The molecule has 0 aromatic heterocycles. The van der Waals surface area contributed by atoms with E-state index >= 15 is 0 Å². The molecular formula is C12H15FN2O2. The molecule has 1 amide bonds. The molecule has 1 aliphatic rings. The minimum absolute atomic E-state index is 0.0266. The summed E-state index contributed by atoms with van der Waals surface area (Å²) in [6.07, 6.45) is 0. The van der Waals surface area contributed by atoms with Crippen molar-refractivity contribution < 1.29 is 13.9 Å². The van der Waals surface area contributed by atoms with Crippen LogP contribution in [0.4, 0.5) is 10.1 Å². The number of nitrogen functional groups attached to an aromatic ring is 1. The zero-order chi connectivity index (χ0) is 12.4. The number of anilines is 1. The quantitative estimate of drug-likeness (QED) is 0.749. The number of hydrogen-bond acceptors (Lipinski definition) is 3. The third-order valence-electron chi connectivity index (χ3n) is 2.85. The number of nitrogens with zero attached hydrogens (tertiary/aromatic N) is 1. The molecule has 1 aromatic rings. The number of carbonyl (C=O) groups is 1. The Balaban J connectivity index is 2.26. The molecule has 0 spiro atoms. The van der Waals surface area contributed by atoms with E-state index in [4.69, 9.17) is 10.5 Å². The predicted molar refractivity (Wildman–Crippen MR) is 62.1 cm³/mol. The van der Waals surface area contributed by atoms with Crippen molar-refractivity contribution in [2.75, 3.05) is 25.5 Å². The Bertz CT molecular complexity index is 437. The van der Waals surface area contributed by atoms with Gasteiger partial charge in [-0.3, -0.25) is 4.79 Å². The summed E-state index contributed by atoms with van der Waals surface area (Å²) >= 11 is 0. The van der Waals surface area contributed by atoms with Crippen LogP contribution >= 0.6 is 0 Å². The van der Waals surface area contributed by atoms with Crippen LogP contribution in [-0.2, 0) is 4.74 Å². The van der Waals surface area contributed by atoms with Crippen LogP contribution in [0.1, 0.15) is 17.3 Å². The fourth-order valence-corrected chi connectivity index (χ4v) is 1.89. The molecule has 0 bridgehead atoms. The van der Waals surface area contributed by atoms with Crippen molar-refractivity contribution in [3.8, 4) is 0 Å². The van der Waals surface area contributed by atoms with Gasteiger partial charge < -0.3 is 15.4 Å². The summed E-state index contributed by atoms with van der Waals surface area (Å²) in [5, 5.41) is 0. The lowest BCUT2D eigenvalue weighted by molar-refractivity contribution is 0.00335. The van der Waals surface area contributed by atoms with Crippen molar-refractivity contribution >= 4 is 11.6 Å². The molecule has 17 heavy (non-hydrogen) atoms. The van der Waals surface area contributed by atoms with E-state index < -0.39 is 5.82 Å². The number of benzene rings is 1. The van der Waals surface area contributed by atoms with Gasteiger partial charge in [-0.15, -0.1) is 0 Å². The molecule has 92 valence electrons. The van der Waals surface area contributed by atoms with Crippen molar-refractivity contribution in [1.29, 1.82) is 0 Å². The van der Waals surface area contributed by atoms with Gasteiger partial charge in [0.1, 0.15) is 5.82 Å². The fourth-order valence-electron chi connectivity index (χ4n) is 1.89. The highest BCUT2D eigenvalue weighted by molar-refractivity contribution is 5.95. The summed E-state index contributed by atoms with van der Waals surface area (Å²) in [5.74, 6) is -0.867. The van der Waals surface area contributed by atoms with E-state index in [1.54, 1.807) is 4.90 Å². The number of ether oxygens (including phenoxy) is 1. The monoisotopic (exact) mass is 238 g/mol. The standard InChI is InChI=1S/C12H15FN2O2/c1-8-7-17-5-4-15(8)12(16)10-6-9(14)2-3-11(10)13/h2-3,6,8H,4-5,7,14H2,1H3/t8-/m1/s1. The molecular weight excluding hydrogens is 223 g/mol. The number of nitrogens with two attached hydrogens (primary N) is 1. The number of rotatable bonds is 1. The van der Waals surface area contributed by atoms with Gasteiger partial charge in [0.15, 0.2) is 0 Å². The average molecular weight is 238 g/mol. The fraction of sp³-hybridized carbons (Fsp3) is 0.417. The van der Waals surface area contributed by atoms with Crippen LogP contribution in [0.5, 0.6) is 0 Å². The van der Waals surface area contributed by atoms with Crippen LogP contribution in [0.3, 0.4) is 0 Å². The van der Waals surface area contributed by atoms with E-state index in [0.717, 1.165) is 0 Å². The number of morpholine rings is 1. The van der Waals surface area contributed by atoms with Crippen LogP contribution in [0.2, 0.25) is 0 Å². The maximum atomic E-state index is 13.6. The van der Waals surface area contributed by atoms with Crippen LogP contribution in [0, 0.1) is 5.82 Å². The Morgan fingerprint density at radius 2 is 2.35 bits per heavy atom. The molecule has 1 saturated heterocycles. The van der Waals surface area contributed by atoms with Crippen molar-refractivity contribution in [1.82, 2.24) is 4.90 Å². The first kappa shape index (κ1) is 11.9. The summed E-state index contributed by atoms with van der Waals surface area (Å²) in [5.41, 5.74) is 5.98. The first-order valence-electron chi connectivity index (χ1n) is 5.53. The van der Waals surface area contributed by atoms with E-state index in [9.17, 15) is 9.18 Å². The van der Waals surface area contributed by atoms with E-state index in [0.29, 0.717) is 25.4 Å². The first-order chi connectivity index (χ1) is 8.09. The second-order valence-corrected chi connectivity index (χ2v) is 4.16. The van der Waals surface area contributed by atoms with E-state index in [1.807, 2.05) is 6.92 Å². The number of hydrogen-bond donors (Lipinski definition) is 1. The molecule has 1 fully saturated rings. The molecule has 0 radical (unpaired) electrons. The molecule has 2 rings (SSSR count). The summed E-state index contributed by atoms with van der Waals surface area (Å²) in [4.78, 5) is 13.8. The van der Waals surface area contributed by atoms with E-state index in [2.05, 4.69) is 0 Å². The minimum atomic E-state index is -0.539. The zero-order valence-electron chi connectivity index (χ0n) is 9.65. The number of amides is 1. The summed E-state index contributed by atoms with van der Waals surface area (Å²) in [6, 6.07) is 3.99. The van der Waals surface area contributed by atoms with Crippen LogP contribution < -0.4 is 5.73 Å². The van der Waals surface area contributed by atoms with Gasteiger partial charge in [-0.1, -0.05) is 0 Å². The highest BCUT2D eigenvalue weighted by atomic mass is 19.1. The SMILES string of the molecule is C[C@@H]1COCCN1C(=O)c1cc(N)ccc1F. The third-order valence-corrected chi connectivity index (χ3v) is 2.85. The minimum Gasteiger partial charge on any atom is -0.399 e. The number of halogens is 1. The molecule has 1 heterocycles. The summed E-state index contributed by atoms with van der Waals surface area (Å²) in [7, 11) is 0. The van der Waals surface area contributed by atoms with Crippen molar-refractivity contribution in [2.24, 2.45) is 0 Å². The molecule has 0 aliphatic carbocycles. The van der Waals surface area contributed by atoms with E-state index in [1.165, 1.54) is 18.2 Å². The van der Waals surface area contributed by atoms with Gasteiger partial charge in [-0.05, 0) is 25.1 Å². The highest BCUT2D eigenvalue weighted by Gasteiger charge is 2.26. The van der Waals surface area contributed by atoms with Crippen LogP contribution in [0.25, 0.3) is 0 Å². The van der Waals surface area contributed by atoms with Gasteiger partial charge >= 0.3 is 0 Å². The van der Waals surface area contributed by atoms with Gasteiger partial charge in [0, 0.05) is 12.2 Å². The van der Waals surface area contributed by atoms with Gasteiger partial charge in [0.25, 0.3) is 5.91 Å². The molecule has 1 aliphatic heterocycles. The lowest BCUT2D eigenvalue weighted by Gasteiger charge is -2.33. The number of carbonyl (C=O) groups excluding carboxylic acids is 1. The highest BCUT2D eigenvalue weighted by Crippen LogP contribution is 2.17. The Labute approximate surface area is 99.2 Å². The molecule has 2 N–H and O–H groups in total. The second-order valence-electron chi connectivity index (χ2n) is 4.16. The Hall–Kier alpha value is -1.62. The maximum Gasteiger partial charge on any atom is 0.257 e. The lowest BCUT2D eigenvalue weighted by atomic mass is 10.1. The predicted octanol–water partition coefficient (Wildman–Crippen LogP) is 1.27. The summed E-state index contributed by atoms with van der Waals surface area (Å²) < 4.78 is 18.8. The molecule has 4 nitrogen and oxygen atoms in total. The Morgan fingerprint density at radius 1 is 1.59 bits per heavy atom. The third kappa shape index (κ3) is 2.39. The van der Waals surface area contributed by atoms with Crippen molar-refractivity contribution in [2.45, 2.75) is 13.0 Å². The van der Waals surface area contributed by atoms with Gasteiger partial charge in [0.05, 0.1) is 24.8 Å². The molecule has 1 aromatic carbocycles. The van der Waals surface area contributed by atoms with Gasteiger partial charge in [-0.25, -0.2) is 4.39 Å². The molecule has 0 saturated carbocycles. The normalized spacial score (nSPS) is 20.4. The Morgan fingerprint density at radius 3 is 3.06 bits per heavy atom. The largest absolute Gasteiger partial charge is 0.399 e. The second kappa shape index (κ2) is 4.71.